The Labute approximate surface area is 189 Å². The Morgan fingerprint density at radius 2 is 1.66 bits per heavy atom. The molecule has 2 aromatic rings. The molecule has 2 aliphatic heterocycles. The fraction of sp³-hybridized carbons (Fsp3) is 0.545. The average molecular weight is 472 g/mol. The molecule has 4 heterocycles. The van der Waals surface area contributed by atoms with E-state index in [1.165, 1.54) is 30.8 Å². The van der Waals surface area contributed by atoms with Gasteiger partial charge in [-0.3, -0.25) is 9.69 Å². The van der Waals surface area contributed by atoms with Crippen molar-refractivity contribution in [3.63, 3.8) is 0 Å². The highest BCUT2D eigenvalue weighted by atomic mass is 32.1. The maximum atomic E-state index is 12.7. The van der Waals surface area contributed by atoms with E-state index in [9.17, 15) is 18.0 Å². The smallest absolute Gasteiger partial charge is 0.475 e. The van der Waals surface area contributed by atoms with Crippen molar-refractivity contribution in [2.24, 2.45) is 12.5 Å². The molecule has 176 valence electrons. The summed E-state index contributed by atoms with van der Waals surface area (Å²) in [5.41, 5.74) is 1.28. The standard InChI is InChI=1S/C20H27N3OS.C2HF3O2/c1-21-10-2-5-18(21)19(24)23-13-8-20(9-14-23)6-11-22(12-7-20)16-17-4-3-15-25-17;3-2(4,5)1(6)7/h2-5,10,15H,6-9,11-14,16H2,1H3;(H,6,7). The zero-order valence-electron chi connectivity index (χ0n) is 18.0. The summed E-state index contributed by atoms with van der Waals surface area (Å²) in [5, 5.41) is 9.29. The van der Waals surface area contributed by atoms with Crippen LogP contribution in [0.4, 0.5) is 13.2 Å². The Kier molecular flexibility index (Phi) is 7.66. The van der Waals surface area contributed by atoms with Crippen molar-refractivity contribution >= 4 is 23.2 Å². The molecule has 0 radical (unpaired) electrons. The van der Waals surface area contributed by atoms with Crippen LogP contribution < -0.4 is 0 Å². The van der Waals surface area contributed by atoms with Crippen molar-refractivity contribution in [3.05, 3.63) is 46.4 Å². The Morgan fingerprint density at radius 1 is 1.06 bits per heavy atom. The van der Waals surface area contributed by atoms with E-state index >= 15 is 0 Å². The number of likely N-dealkylation sites (tertiary alicyclic amines) is 2. The molecule has 0 aromatic carbocycles. The van der Waals surface area contributed by atoms with Crippen molar-refractivity contribution < 1.29 is 27.9 Å². The molecule has 1 spiro atoms. The number of hydrogen-bond acceptors (Lipinski definition) is 4. The summed E-state index contributed by atoms with van der Waals surface area (Å²) >= 11 is 1.86. The third kappa shape index (κ3) is 6.13. The molecule has 2 aliphatic rings. The van der Waals surface area contributed by atoms with Gasteiger partial charge in [0.15, 0.2) is 0 Å². The highest BCUT2D eigenvalue weighted by Gasteiger charge is 2.39. The second-order valence-electron chi connectivity index (χ2n) is 8.45. The van der Waals surface area contributed by atoms with Crippen LogP contribution in [0.15, 0.2) is 35.8 Å². The lowest BCUT2D eigenvalue weighted by molar-refractivity contribution is -0.192. The van der Waals surface area contributed by atoms with Crippen LogP contribution in [0.25, 0.3) is 0 Å². The number of aromatic nitrogens is 1. The Hall–Kier alpha value is -2.33. The number of aliphatic carboxylic acids is 1. The highest BCUT2D eigenvalue weighted by molar-refractivity contribution is 7.09. The van der Waals surface area contributed by atoms with Crippen LogP contribution >= 0.6 is 11.3 Å². The van der Waals surface area contributed by atoms with Gasteiger partial charge >= 0.3 is 12.1 Å². The molecular formula is C22H28F3N3O3S. The Morgan fingerprint density at radius 3 is 2.12 bits per heavy atom. The molecule has 4 rings (SSSR count). The first-order valence-corrected chi connectivity index (χ1v) is 11.4. The number of halogens is 3. The third-order valence-electron chi connectivity index (χ3n) is 6.39. The fourth-order valence-corrected chi connectivity index (χ4v) is 5.08. The van der Waals surface area contributed by atoms with Crippen LogP contribution in [0.1, 0.15) is 41.0 Å². The number of carboxylic acid groups (broad SMARTS) is 1. The van der Waals surface area contributed by atoms with E-state index < -0.39 is 12.1 Å². The number of nitrogens with zero attached hydrogens (tertiary/aromatic N) is 3. The maximum absolute atomic E-state index is 12.7. The van der Waals surface area contributed by atoms with E-state index in [0.29, 0.717) is 5.41 Å². The van der Waals surface area contributed by atoms with E-state index in [1.807, 2.05) is 41.3 Å². The number of carbonyl (C=O) groups excluding carboxylic acids is 1. The van der Waals surface area contributed by atoms with Crippen LogP contribution in [-0.2, 0) is 18.4 Å². The zero-order chi connectivity index (χ0) is 23.4. The minimum Gasteiger partial charge on any atom is -0.475 e. The van der Waals surface area contributed by atoms with E-state index in [0.717, 1.165) is 38.2 Å². The molecule has 2 saturated heterocycles. The summed E-state index contributed by atoms with van der Waals surface area (Å²) in [4.78, 5) is 27.7. The molecule has 1 N–H and O–H groups in total. The molecule has 0 bridgehead atoms. The van der Waals surface area contributed by atoms with E-state index in [-0.39, 0.29) is 5.91 Å². The van der Waals surface area contributed by atoms with E-state index in [2.05, 4.69) is 27.3 Å². The van der Waals surface area contributed by atoms with Crippen LogP contribution in [0.5, 0.6) is 0 Å². The zero-order valence-corrected chi connectivity index (χ0v) is 18.8. The van der Waals surface area contributed by atoms with E-state index in [1.54, 1.807) is 0 Å². The molecule has 0 saturated carbocycles. The molecule has 0 atom stereocenters. The fourth-order valence-electron chi connectivity index (χ4n) is 4.34. The minimum atomic E-state index is -5.08. The first kappa shape index (κ1) is 24.3. The van der Waals surface area contributed by atoms with Crippen molar-refractivity contribution in [2.75, 3.05) is 26.2 Å². The van der Waals surface area contributed by atoms with Crippen molar-refractivity contribution in [3.8, 4) is 0 Å². The number of hydrogen-bond donors (Lipinski definition) is 1. The Balaban J connectivity index is 0.000000360. The summed E-state index contributed by atoms with van der Waals surface area (Å²) in [7, 11) is 1.95. The van der Waals surface area contributed by atoms with Gasteiger partial charge in [0, 0.05) is 37.8 Å². The summed E-state index contributed by atoms with van der Waals surface area (Å²) in [6.07, 6.45) is 1.75. The number of carboxylic acids is 1. The van der Waals surface area contributed by atoms with Crippen molar-refractivity contribution in [1.82, 2.24) is 14.4 Å². The van der Waals surface area contributed by atoms with E-state index in [4.69, 9.17) is 9.90 Å². The maximum Gasteiger partial charge on any atom is 0.490 e. The molecule has 0 unspecified atom stereocenters. The lowest BCUT2D eigenvalue weighted by Crippen LogP contribution is -2.48. The number of amides is 1. The predicted molar refractivity (Wildman–Crippen MR) is 116 cm³/mol. The van der Waals surface area contributed by atoms with Gasteiger partial charge in [0.05, 0.1) is 0 Å². The molecule has 6 nitrogen and oxygen atoms in total. The molecular weight excluding hydrogens is 443 g/mol. The second kappa shape index (κ2) is 10.1. The van der Waals surface area contributed by atoms with Gasteiger partial charge in [-0.1, -0.05) is 6.07 Å². The first-order valence-electron chi connectivity index (χ1n) is 10.6. The van der Waals surface area contributed by atoms with Gasteiger partial charge in [0.25, 0.3) is 5.91 Å². The van der Waals surface area contributed by atoms with Crippen molar-refractivity contribution in [1.29, 1.82) is 0 Å². The van der Waals surface area contributed by atoms with Crippen LogP contribution in [0.3, 0.4) is 0 Å². The summed E-state index contributed by atoms with van der Waals surface area (Å²) in [6.45, 7) is 5.32. The van der Waals surface area contributed by atoms with Gasteiger partial charge in [-0.15, -0.1) is 11.3 Å². The van der Waals surface area contributed by atoms with Crippen LogP contribution in [0.2, 0.25) is 0 Å². The summed E-state index contributed by atoms with van der Waals surface area (Å²) < 4.78 is 33.7. The number of thiophene rings is 1. The first-order chi connectivity index (χ1) is 15.1. The largest absolute Gasteiger partial charge is 0.490 e. The monoisotopic (exact) mass is 471 g/mol. The van der Waals surface area contributed by atoms with Crippen molar-refractivity contribution in [2.45, 2.75) is 38.4 Å². The third-order valence-corrected chi connectivity index (χ3v) is 7.25. The van der Waals surface area contributed by atoms with Gasteiger partial charge in [0.1, 0.15) is 5.69 Å². The lowest BCUT2D eigenvalue weighted by atomic mass is 9.71. The molecule has 10 heteroatoms. The molecule has 1 amide bonds. The van der Waals surface area contributed by atoms with Gasteiger partial charge in [0.2, 0.25) is 0 Å². The molecule has 32 heavy (non-hydrogen) atoms. The van der Waals surface area contributed by atoms with Gasteiger partial charge in [-0.05, 0) is 67.8 Å². The topological polar surface area (TPSA) is 65.8 Å². The molecule has 2 fully saturated rings. The normalized spacial score (nSPS) is 18.8. The number of carbonyl (C=O) groups is 2. The molecule has 0 aliphatic carbocycles. The quantitative estimate of drug-likeness (QED) is 0.727. The second-order valence-corrected chi connectivity index (χ2v) is 9.49. The number of rotatable bonds is 3. The van der Waals surface area contributed by atoms with Gasteiger partial charge < -0.3 is 14.6 Å². The lowest BCUT2D eigenvalue weighted by Gasteiger charge is -2.46. The predicted octanol–water partition coefficient (Wildman–Crippen LogP) is 4.24. The summed E-state index contributed by atoms with van der Waals surface area (Å²) in [6, 6.07) is 8.26. The molecule has 2 aromatic heterocycles. The number of aryl methyl sites for hydroxylation is 1. The van der Waals surface area contributed by atoms with Crippen LogP contribution in [0, 0.1) is 5.41 Å². The number of piperidine rings is 2. The summed E-state index contributed by atoms with van der Waals surface area (Å²) in [5.74, 6) is -2.56. The van der Waals surface area contributed by atoms with Crippen LogP contribution in [-0.4, -0.2) is 63.7 Å². The van der Waals surface area contributed by atoms with Gasteiger partial charge in [-0.25, -0.2) is 4.79 Å². The van der Waals surface area contributed by atoms with Gasteiger partial charge in [-0.2, -0.15) is 13.2 Å². The SMILES string of the molecule is Cn1cccc1C(=O)N1CCC2(CCN(Cc3cccs3)CC2)CC1.O=C(O)C(F)(F)F. The Bertz CT molecular complexity index is 893. The minimum absolute atomic E-state index is 0.192. The number of alkyl halides is 3. The highest BCUT2D eigenvalue weighted by Crippen LogP contribution is 2.41. The average Bonchev–Trinajstić information content (AvgIpc) is 3.41.